The molecule has 3 aromatic rings. The predicted molar refractivity (Wildman–Crippen MR) is 133 cm³/mol. The molecule has 11 nitrogen and oxygen atoms in total. The van der Waals surface area contributed by atoms with Crippen molar-refractivity contribution in [3.05, 3.63) is 42.2 Å². The Morgan fingerprint density at radius 2 is 1.69 bits per heavy atom. The molecule has 192 valence electrons. The molecule has 2 saturated carbocycles. The van der Waals surface area contributed by atoms with Gasteiger partial charge in [-0.1, -0.05) is 5.21 Å². The van der Waals surface area contributed by atoms with Crippen LogP contribution in [0.3, 0.4) is 0 Å². The summed E-state index contributed by atoms with van der Waals surface area (Å²) >= 11 is 0. The highest BCUT2D eigenvalue weighted by atomic mass is 16.2. The Morgan fingerprint density at radius 3 is 2.33 bits per heavy atom. The van der Waals surface area contributed by atoms with Gasteiger partial charge in [-0.05, 0) is 77.2 Å². The second-order valence-corrected chi connectivity index (χ2v) is 10.6. The molecular weight excluding hydrogens is 458 g/mol. The first kappa shape index (κ1) is 24.2. The summed E-state index contributed by atoms with van der Waals surface area (Å²) < 4.78 is 5.29. The molecule has 0 unspecified atom stereocenters. The van der Waals surface area contributed by atoms with Gasteiger partial charge < -0.3 is 10.6 Å². The van der Waals surface area contributed by atoms with E-state index in [-0.39, 0.29) is 29.8 Å². The van der Waals surface area contributed by atoms with Crippen LogP contribution in [0.1, 0.15) is 81.6 Å². The van der Waals surface area contributed by atoms with Gasteiger partial charge in [-0.25, -0.2) is 4.68 Å². The molecule has 11 heteroatoms. The minimum absolute atomic E-state index is 0.0451. The number of hydrogen-bond acceptors (Lipinski definition) is 6. The first-order valence-electron chi connectivity index (χ1n) is 12.9. The van der Waals surface area contributed by atoms with E-state index in [9.17, 15) is 9.59 Å². The predicted octanol–water partition coefficient (Wildman–Crippen LogP) is 3.05. The number of amides is 2. The first-order valence-corrected chi connectivity index (χ1v) is 12.9. The summed E-state index contributed by atoms with van der Waals surface area (Å²) in [5, 5.41) is 22.9. The molecule has 5 rings (SSSR count). The molecule has 0 spiro atoms. The smallest absolute Gasteiger partial charge is 0.270 e. The second kappa shape index (κ2) is 9.87. The number of aromatic nitrogens is 7. The lowest BCUT2D eigenvalue weighted by Gasteiger charge is -2.27. The Bertz CT molecular complexity index is 1200. The molecule has 36 heavy (non-hydrogen) atoms. The second-order valence-electron chi connectivity index (χ2n) is 10.6. The van der Waals surface area contributed by atoms with Crippen LogP contribution in [-0.2, 0) is 11.3 Å². The van der Waals surface area contributed by atoms with Crippen molar-refractivity contribution in [1.29, 1.82) is 0 Å². The maximum atomic E-state index is 13.6. The molecular formula is C25H35N9O2. The average Bonchev–Trinajstić information content (AvgIpc) is 3.69. The van der Waals surface area contributed by atoms with E-state index in [1.165, 1.54) is 0 Å². The van der Waals surface area contributed by atoms with Gasteiger partial charge in [-0.15, -0.1) is 5.10 Å². The fraction of sp³-hybridized carbons (Fsp3) is 0.600. The van der Waals surface area contributed by atoms with Gasteiger partial charge in [0.05, 0.1) is 30.3 Å². The van der Waals surface area contributed by atoms with Crippen molar-refractivity contribution in [3.63, 3.8) is 0 Å². The SMILES string of the molecule is CC(C)n1nncc1Cn1cc(NC(=O)[C@@H](NC(=O)c2ccnn2C(C)C)C(C2CC2)C2CC2)cn1. The third-order valence-electron chi connectivity index (χ3n) is 7.04. The number of anilines is 1. The Labute approximate surface area is 210 Å². The summed E-state index contributed by atoms with van der Waals surface area (Å²) in [7, 11) is 0. The van der Waals surface area contributed by atoms with Crippen LogP contribution in [0.15, 0.2) is 30.9 Å². The lowest BCUT2D eigenvalue weighted by molar-refractivity contribution is -0.119. The molecule has 1 atom stereocenters. The number of hydrogen-bond donors (Lipinski definition) is 2. The molecule has 0 radical (unpaired) electrons. The van der Waals surface area contributed by atoms with E-state index in [2.05, 4.69) is 31.1 Å². The summed E-state index contributed by atoms with van der Waals surface area (Å²) in [6, 6.07) is 1.33. The monoisotopic (exact) mass is 493 g/mol. The summed E-state index contributed by atoms with van der Waals surface area (Å²) in [6.45, 7) is 8.55. The largest absolute Gasteiger partial charge is 0.339 e. The lowest BCUT2D eigenvalue weighted by atomic mass is 9.88. The van der Waals surface area contributed by atoms with Crippen molar-refractivity contribution in [1.82, 2.24) is 39.9 Å². The van der Waals surface area contributed by atoms with E-state index >= 15 is 0 Å². The summed E-state index contributed by atoms with van der Waals surface area (Å²) in [6.07, 6.45) is 11.2. The third-order valence-corrected chi connectivity index (χ3v) is 7.04. The normalized spacial score (nSPS) is 16.6. The zero-order valence-corrected chi connectivity index (χ0v) is 21.3. The molecule has 2 amide bonds. The van der Waals surface area contributed by atoms with Crippen LogP contribution in [0, 0.1) is 17.8 Å². The van der Waals surface area contributed by atoms with E-state index in [0.717, 1.165) is 31.4 Å². The summed E-state index contributed by atoms with van der Waals surface area (Å²) in [5.41, 5.74) is 2.00. The van der Waals surface area contributed by atoms with Crippen molar-refractivity contribution in [2.75, 3.05) is 5.32 Å². The highest BCUT2D eigenvalue weighted by molar-refractivity contribution is 6.00. The topological polar surface area (TPSA) is 125 Å². The fourth-order valence-corrected chi connectivity index (χ4v) is 5.06. The maximum Gasteiger partial charge on any atom is 0.270 e. The Balaban J connectivity index is 1.32. The molecule has 3 aromatic heterocycles. The molecule has 2 fully saturated rings. The molecule has 2 N–H and O–H groups in total. The minimum Gasteiger partial charge on any atom is -0.339 e. The number of nitrogens with one attached hydrogen (secondary N) is 2. The van der Waals surface area contributed by atoms with Crippen LogP contribution < -0.4 is 10.6 Å². The third kappa shape index (κ3) is 5.19. The molecule has 2 aliphatic carbocycles. The highest BCUT2D eigenvalue weighted by Crippen LogP contribution is 2.50. The van der Waals surface area contributed by atoms with E-state index < -0.39 is 6.04 Å². The van der Waals surface area contributed by atoms with Gasteiger partial charge >= 0.3 is 0 Å². The molecule has 0 saturated heterocycles. The number of carbonyl (C=O) groups is 2. The van der Waals surface area contributed by atoms with Gasteiger partial charge in [0.2, 0.25) is 5.91 Å². The van der Waals surface area contributed by atoms with Crippen LogP contribution in [0.4, 0.5) is 5.69 Å². The number of rotatable bonds is 11. The average molecular weight is 494 g/mol. The molecule has 3 heterocycles. The standard InChI is InChI=1S/C25H35N9O2/c1-15(2)33-20(12-26-31-33)14-32-13-19(11-28-32)29-25(36)23(22(17-5-6-17)18-7-8-18)30-24(35)21-9-10-27-34(21)16(3)4/h9-13,15-18,22-23H,5-8,14H2,1-4H3,(H,29,36)(H,30,35)/t23-/m0/s1. The Morgan fingerprint density at radius 1 is 1.00 bits per heavy atom. The van der Waals surface area contributed by atoms with Crippen molar-refractivity contribution in [3.8, 4) is 0 Å². The van der Waals surface area contributed by atoms with Gasteiger partial charge in [0.15, 0.2) is 0 Å². The summed E-state index contributed by atoms with van der Waals surface area (Å²) in [5.74, 6) is 0.644. The van der Waals surface area contributed by atoms with Crippen LogP contribution in [0.2, 0.25) is 0 Å². The van der Waals surface area contributed by atoms with Crippen molar-refractivity contribution in [2.24, 2.45) is 17.8 Å². The Kier molecular flexibility index (Phi) is 6.63. The van der Waals surface area contributed by atoms with E-state index in [1.54, 1.807) is 40.2 Å². The zero-order valence-electron chi connectivity index (χ0n) is 21.3. The van der Waals surface area contributed by atoms with E-state index in [4.69, 9.17) is 0 Å². The molecule has 2 aliphatic rings. The van der Waals surface area contributed by atoms with Crippen molar-refractivity contribution in [2.45, 2.75) is 78.0 Å². The number of nitrogens with zero attached hydrogens (tertiary/aromatic N) is 7. The quantitative estimate of drug-likeness (QED) is 0.423. The zero-order chi connectivity index (χ0) is 25.4. The molecule has 0 bridgehead atoms. The van der Waals surface area contributed by atoms with Gasteiger partial charge in [0.1, 0.15) is 11.7 Å². The van der Waals surface area contributed by atoms with Gasteiger partial charge in [-0.2, -0.15) is 10.2 Å². The highest BCUT2D eigenvalue weighted by Gasteiger charge is 2.48. The van der Waals surface area contributed by atoms with Crippen molar-refractivity contribution < 1.29 is 9.59 Å². The fourth-order valence-electron chi connectivity index (χ4n) is 5.06. The van der Waals surface area contributed by atoms with E-state index in [0.29, 0.717) is 29.8 Å². The molecule has 0 aromatic carbocycles. The number of carbonyl (C=O) groups excluding carboxylic acids is 2. The van der Waals surface area contributed by atoms with Gasteiger partial charge in [-0.3, -0.25) is 19.0 Å². The minimum atomic E-state index is -0.608. The Hall–Kier alpha value is -3.50. The first-order chi connectivity index (χ1) is 17.3. The van der Waals surface area contributed by atoms with Crippen LogP contribution in [0.5, 0.6) is 0 Å². The van der Waals surface area contributed by atoms with Gasteiger partial charge in [0.25, 0.3) is 5.91 Å². The maximum absolute atomic E-state index is 13.6. The van der Waals surface area contributed by atoms with Crippen LogP contribution in [-0.4, -0.2) is 52.4 Å². The van der Waals surface area contributed by atoms with Crippen LogP contribution in [0.25, 0.3) is 0 Å². The van der Waals surface area contributed by atoms with Gasteiger partial charge in [0, 0.05) is 24.5 Å². The lowest BCUT2D eigenvalue weighted by Crippen LogP contribution is -2.50. The van der Waals surface area contributed by atoms with E-state index in [1.807, 2.05) is 32.4 Å². The molecule has 0 aliphatic heterocycles. The summed E-state index contributed by atoms with van der Waals surface area (Å²) in [4.78, 5) is 26.9. The van der Waals surface area contributed by atoms with Crippen LogP contribution >= 0.6 is 0 Å². The van der Waals surface area contributed by atoms with Crippen molar-refractivity contribution >= 4 is 17.5 Å².